The summed E-state index contributed by atoms with van der Waals surface area (Å²) < 4.78 is 5.88. The molecule has 4 heteroatoms. The Kier molecular flexibility index (Phi) is 4.41. The number of ether oxygens (including phenoxy) is 1. The normalized spacial score (nSPS) is 30.3. The molecule has 0 aromatic carbocycles. The van der Waals surface area contributed by atoms with Crippen LogP contribution in [0.2, 0.25) is 0 Å². The molecule has 3 unspecified atom stereocenters. The van der Waals surface area contributed by atoms with E-state index < -0.39 is 0 Å². The molecule has 18 heavy (non-hydrogen) atoms. The summed E-state index contributed by atoms with van der Waals surface area (Å²) in [6.07, 6.45) is 5.23. The van der Waals surface area contributed by atoms with Crippen molar-refractivity contribution in [3.63, 3.8) is 0 Å². The molecule has 0 aliphatic carbocycles. The lowest BCUT2D eigenvalue weighted by Gasteiger charge is -2.39. The number of hydrogen-bond donors (Lipinski definition) is 1. The summed E-state index contributed by atoms with van der Waals surface area (Å²) in [6.45, 7) is 9.61. The fraction of sp³-hybridized carbons (Fsp3) is 0.786. The number of rotatable bonds is 4. The SMILES string of the molecule is CCC1(C)CC(NC(C)c2ncc(C)s2)CCO1. The maximum absolute atomic E-state index is 5.88. The summed E-state index contributed by atoms with van der Waals surface area (Å²) in [6, 6.07) is 0.885. The second kappa shape index (κ2) is 5.68. The van der Waals surface area contributed by atoms with Crippen LogP contribution < -0.4 is 5.32 Å². The van der Waals surface area contributed by atoms with E-state index in [1.54, 1.807) is 11.3 Å². The molecule has 1 aliphatic rings. The van der Waals surface area contributed by atoms with Crippen LogP contribution in [0.4, 0.5) is 0 Å². The van der Waals surface area contributed by atoms with Gasteiger partial charge in [0, 0.05) is 23.7 Å². The van der Waals surface area contributed by atoms with Gasteiger partial charge in [-0.1, -0.05) is 6.92 Å². The van der Waals surface area contributed by atoms with Crippen LogP contribution in [0.25, 0.3) is 0 Å². The van der Waals surface area contributed by atoms with Gasteiger partial charge in [0.25, 0.3) is 0 Å². The molecule has 1 fully saturated rings. The molecule has 1 aromatic heterocycles. The van der Waals surface area contributed by atoms with Crippen molar-refractivity contribution in [1.29, 1.82) is 0 Å². The molecule has 0 bridgehead atoms. The number of nitrogens with one attached hydrogen (secondary N) is 1. The monoisotopic (exact) mass is 268 g/mol. The Balaban J connectivity index is 1.93. The minimum Gasteiger partial charge on any atom is -0.375 e. The van der Waals surface area contributed by atoms with Gasteiger partial charge in [-0.15, -0.1) is 11.3 Å². The summed E-state index contributed by atoms with van der Waals surface area (Å²) in [5.41, 5.74) is 0.0500. The molecular formula is C14H24N2OS. The average Bonchev–Trinajstić information content (AvgIpc) is 2.76. The van der Waals surface area contributed by atoms with Gasteiger partial charge in [-0.05, 0) is 40.0 Å². The van der Waals surface area contributed by atoms with Crippen molar-refractivity contribution in [2.24, 2.45) is 0 Å². The Bertz CT molecular complexity index is 393. The van der Waals surface area contributed by atoms with E-state index in [0.717, 1.165) is 25.9 Å². The Labute approximate surface area is 114 Å². The first kappa shape index (κ1) is 14.0. The Morgan fingerprint density at radius 2 is 2.44 bits per heavy atom. The van der Waals surface area contributed by atoms with Crippen molar-refractivity contribution in [2.45, 2.75) is 64.6 Å². The first-order valence-electron chi connectivity index (χ1n) is 6.85. The van der Waals surface area contributed by atoms with Crippen molar-refractivity contribution in [1.82, 2.24) is 10.3 Å². The van der Waals surface area contributed by atoms with Crippen molar-refractivity contribution in [3.8, 4) is 0 Å². The predicted molar refractivity (Wildman–Crippen MR) is 76.1 cm³/mol. The van der Waals surface area contributed by atoms with Gasteiger partial charge in [0.1, 0.15) is 5.01 Å². The van der Waals surface area contributed by atoms with E-state index in [2.05, 4.69) is 38.0 Å². The van der Waals surface area contributed by atoms with Crippen molar-refractivity contribution < 1.29 is 4.74 Å². The molecule has 1 aliphatic heterocycles. The third-order valence-corrected chi connectivity index (χ3v) is 4.93. The van der Waals surface area contributed by atoms with Crippen LogP contribution in [0, 0.1) is 6.92 Å². The van der Waals surface area contributed by atoms with Gasteiger partial charge in [-0.3, -0.25) is 0 Å². The number of hydrogen-bond acceptors (Lipinski definition) is 4. The minimum absolute atomic E-state index is 0.0500. The van der Waals surface area contributed by atoms with Crippen LogP contribution in [0.3, 0.4) is 0 Å². The van der Waals surface area contributed by atoms with E-state index in [1.165, 1.54) is 9.88 Å². The van der Waals surface area contributed by atoms with Crippen molar-refractivity contribution in [2.75, 3.05) is 6.61 Å². The number of nitrogens with zero attached hydrogens (tertiary/aromatic N) is 1. The first-order chi connectivity index (χ1) is 8.52. The van der Waals surface area contributed by atoms with Crippen LogP contribution in [0.1, 0.15) is 56.0 Å². The maximum Gasteiger partial charge on any atom is 0.109 e. The van der Waals surface area contributed by atoms with Crippen molar-refractivity contribution >= 4 is 11.3 Å². The lowest BCUT2D eigenvalue weighted by atomic mass is 9.89. The van der Waals surface area contributed by atoms with Crippen molar-refractivity contribution in [3.05, 3.63) is 16.1 Å². The summed E-state index contributed by atoms with van der Waals surface area (Å²) in [5, 5.41) is 4.90. The zero-order valence-electron chi connectivity index (χ0n) is 11.8. The molecule has 2 rings (SSSR count). The zero-order valence-corrected chi connectivity index (χ0v) is 12.6. The highest BCUT2D eigenvalue weighted by molar-refractivity contribution is 7.11. The van der Waals surface area contributed by atoms with Gasteiger partial charge in [-0.2, -0.15) is 0 Å². The van der Waals surface area contributed by atoms with Crippen LogP contribution in [-0.4, -0.2) is 23.2 Å². The molecule has 102 valence electrons. The molecule has 0 spiro atoms. The van der Waals surface area contributed by atoms with Crippen LogP contribution >= 0.6 is 11.3 Å². The Hall–Kier alpha value is -0.450. The largest absolute Gasteiger partial charge is 0.375 e. The molecule has 3 atom stereocenters. The van der Waals surface area contributed by atoms with Gasteiger partial charge in [0.15, 0.2) is 0 Å². The second-order valence-corrected chi connectivity index (χ2v) is 6.81. The van der Waals surface area contributed by atoms with E-state index in [9.17, 15) is 0 Å². The standard InChI is InChI=1S/C14H24N2OS/c1-5-14(4)8-12(6-7-17-14)16-11(3)13-15-9-10(2)18-13/h9,11-12,16H,5-8H2,1-4H3. The van der Waals surface area contributed by atoms with Gasteiger partial charge >= 0.3 is 0 Å². The number of thiazole rings is 1. The van der Waals surface area contributed by atoms with Gasteiger partial charge in [0.2, 0.25) is 0 Å². The number of aromatic nitrogens is 1. The van der Waals surface area contributed by atoms with Crippen LogP contribution in [0.5, 0.6) is 0 Å². The lowest BCUT2D eigenvalue weighted by Crippen LogP contribution is -2.45. The molecular weight excluding hydrogens is 244 g/mol. The van der Waals surface area contributed by atoms with Gasteiger partial charge in [-0.25, -0.2) is 4.98 Å². The predicted octanol–water partition coefficient (Wildman–Crippen LogP) is 3.45. The topological polar surface area (TPSA) is 34.2 Å². The summed E-state index contributed by atoms with van der Waals surface area (Å²) in [7, 11) is 0. The fourth-order valence-electron chi connectivity index (χ4n) is 2.52. The van der Waals surface area contributed by atoms with Gasteiger partial charge < -0.3 is 10.1 Å². The van der Waals surface area contributed by atoms with E-state index in [1.807, 2.05) is 6.20 Å². The van der Waals surface area contributed by atoms with E-state index >= 15 is 0 Å². The van der Waals surface area contributed by atoms with E-state index in [-0.39, 0.29) is 5.60 Å². The molecule has 0 saturated carbocycles. The first-order valence-corrected chi connectivity index (χ1v) is 7.66. The fourth-order valence-corrected chi connectivity index (χ4v) is 3.30. The lowest BCUT2D eigenvalue weighted by molar-refractivity contribution is -0.0789. The van der Waals surface area contributed by atoms with E-state index in [4.69, 9.17) is 4.74 Å². The van der Waals surface area contributed by atoms with Crippen LogP contribution in [-0.2, 0) is 4.74 Å². The summed E-state index contributed by atoms with van der Waals surface area (Å²) in [4.78, 5) is 5.74. The zero-order chi connectivity index (χ0) is 13.2. The third-order valence-electron chi connectivity index (χ3n) is 3.84. The molecule has 0 radical (unpaired) electrons. The average molecular weight is 268 g/mol. The molecule has 1 saturated heterocycles. The third kappa shape index (κ3) is 3.31. The molecule has 1 aromatic rings. The quantitative estimate of drug-likeness (QED) is 0.908. The van der Waals surface area contributed by atoms with Crippen LogP contribution in [0.15, 0.2) is 6.20 Å². The summed E-state index contributed by atoms with van der Waals surface area (Å²) in [5.74, 6) is 0. The number of aryl methyl sites for hydroxylation is 1. The molecule has 3 nitrogen and oxygen atoms in total. The molecule has 2 heterocycles. The highest BCUT2D eigenvalue weighted by Gasteiger charge is 2.32. The Morgan fingerprint density at radius 3 is 3.06 bits per heavy atom. The maximum atomic E-state index is 5.88. The summed E-state index contributed by atoms with van der Waals surface area (Å²) >= 11 is 1.79. The minimum atomic E-state index is 0.0500. The smallest absolute Gasteiger partial charge is 0.109 e. The molecule has 0 amide bonds. The highest BCUT2D eigenvalue weighted by atomic mass is 32.1. The highest BCUT2D eigenvalue weighted by Crippen LogP contribution is 2.29. The molecule has 1 N–H and O–H groups in total. The second-order valence-electron chi connectivity index (χ2n) is 5.54. The van der Waals surface area contributed by atoms with E-state index in [0.29, 0.717) is 12.1 Å². The van der Waals surface area contributed by atoms with Gasteiger partial charge in [0.05, 0.1) is 11.6 Å². The Morgan fingerprint density at radius 1 is 1.67 bits per heavy atom.